The maximum atomic E-state index is 6.18. The Morgan fingerprint density at radius 1 is 1.25 bits per heavy atom. The molecule has 0 bridgehead atoms. The van der Waals surface area contributed by atoms with Crippen LogP contribution >= 0.6 is 27.5 Å². The fourth-order valence-electron chi connectivity index (χ4n) is 1.84. The van der Waals surface area contributed by atoms with Gasteiger partial charge < -0.3 is 5.32 Å². The second-order valence-corrected chi connectivity index (χ2v) is 5.97. The van der Waals surface area contributed by atoms with Crippen LogP contribution in [0.5, 0.6) is 0 Å². The zero-order chi connectivity index (χ0) is 14.7. The van der Waals surface area contributed by atoms with Gasteiger partial charge in [-0.2, -0.15) is 0 Å². The number of benzene rings is 1. The lowest BCUT2D eigenvalue weighted by Gasteiger charge is -2.13. The lowest BCUT2D eigenvalue weighted by atomic mass is 10.2. The first kappa shape index (κ1) is 15.3. The van der Waals surface area contributed by atoms with Gasteiger partial charge in [0.25, 0.3) is 0 Å². The van der Waals surface area contributed by atoms with Crippen molar-refractivity contribution in [3.8, 4) is 0 Å². The molecule has 1 N–H and O–H groups in total. The van der Waals surface area contributed by atoms with E-state index in [1.54, 1.807) is 0 Å². The highest BCUT2D eigenvalue weighted by Crippen LogP contribution is 2.29. The van der Waals surface area contributed by atoms with Gasteiger partial charge in [0.2, 0.25) is 0 Å². The van der Waals surface area contributed by atoms with Crippen molar-refractivity contribution in [3.63, 3.8) is 0 Å². The molecule has 0 amide bonds. The van der Waals surface area contributed by atoms with Crippen molar-refractivity contribution in [2.45, 2.75) is 33.6 Å². The summed E-state index contributed by atoms with van der Waals surface area (Å²) < 4.78 is 1.00. The number of nitrogens with zero attached hydrogens (tertiary/aromatic N) is 2. The SMILES string of the molecule is CCCc1nc(Cl)c(C)c(Nc2ccc(C)cc2Br)n1. The predicted octanol–water partition coefficient (Wildman–Crippen LogP) is 5.21. The van der Waals surface area contributed by atoms with Gasteiger partial charge >= 0.3 is 0 Å². The highest BCUT2D eigenvalue weighted by molar-refractivity contribution is 9.10. The number of rotatable bonds is 4. The molecule has 0 aliphatic heterocycles. The highest BCUT2D eigenvalue weighted by Gasteiger charge is 2.10. The quantitative estimate of drug-likeness (QED) is 0.766. The molecule has 0 saturated heterocycles. The van der Waals surface area contributed by atoms with Gasteiger partial charge in [-0.15, -0.1) is 0 Å². The summed E-state index contributed by atoms with van der Waals surface area (Å²) in [5.41, 5.74) is 3.03. The monoisotopic (exact) mass is 353 g/mol. The van der Waals surface area contributed by atoms with Crippen molar-refractivity contribution < 1.29 is 0 Å². The first-order valence-corrected chi connectivity index (χ1v) is 7.74. The fraction of sp³-hybridized carbons (Fsp3) is 0.333. The van der Waals surface area contributed by atoms with Crippen LogP contribution in [0.25, 0.3) is 0 Å². The van der Waals surface area contributed by atoms with Gasteiger partial charge in [0, 0.05) is 16.5 Å². The van der Waals surface area contributed by atoms with Crippen LogP contribution in [0.4, 0.5) is 11.5 Å². The Morgan fingerprint density at radius 3 is 2.65 bits per heavy atom. The van der Waals surface area contributed by atoms with E-state index in [1.165, 1.54) is 5.56 Å². The van der Waals surface area contributed by atoms with Gasteiger partial charge in [-0.05, 0) is 53.9 Å². The molecule has 0 unspecified atom stereocenters. The van der Waals surface area contributed by atoms with E-state index in [0.29, 0.717) is 5.15 Å². The number of halogens is 2. The zero-order valence-corrected chi connectivity index (χ0v) is 14.1. The van der Waals surface area contributed by atoms with Gasteiger partial charge in [0.05, 0.1) is 5.69 Å². The van der Waals surface area contributed by atoms with Crippen molar-refractivity contribution >= 4 is 39.0 Å². The van der Waals surface area contributed by atoms with Crippen molar-refractivity contribution in [3.05, 3.63) is 44.8 Å². The molecule has 5 heteroatoms. The van der Waals surface area contributed by atoms with Crippen LogP contribution in [0, 0.1) is 13.8 Å². The molecule has 1 heterocycles. The minimum absolute atomic E-state index is 0.509. The standard InChI is InChI=1S/C15H17BrClN3/c1-4-5-13-19-14(17)10(3)15(20-13)18-12-7-6-9(2)8-11(12)16/h6-8H,4-5H2,1-3H3,(H,18,19,20). The lowest BCUT2D eigenvalue weighted by Crippen LogP contribution is -2.04. The fourth-order valence-corrected chi connectivity index (χ4v) is 2.62. The van der Waals surface area contributed by atoms with Crippen LogP contribution in [0.1, 0.15) is 30.3 Å². The largest absolute Gasteiger partial charge is 0.339 e. The molecule has 20 heavy (non-hydrogen) atoms. The molecule has 0 saturated carbocycles. The number of aromatic nitrogens is 2. The molecule has 1 aromatic carbocycles. The second kappa shape index (κ2) is 6.55. The van der Waals surface area contributed by atoms with Crippen LogP contribution < -0.4 is 5.32 Å². The summed E-state index contributed by atoms with van der Waals surface area (Å²) in [5, 5.41) is 3.83. The average molecular weight is 355 g/mol. The summed E-state index contributed by atoms with van der Waals surface area (Å²) in [5.74, 6) is 1.53. The van der Waals surface area contributed by atoms with Gasteiger partial charge in [-0.25, -0.2) is 9.97 Å². The molecule has 0 aliphatic carbocycles. The van der Waals surface area contributed by atoms with Crippen molar-refractivity contribution in [2.75, 3.05) is 5.32 Å². The van der Waals surface area contributed by atoms with Gasteiger partial charge in [-0.3, -0.25) is 0 Å². The molecular weight excluding hydrogens is 338 g/mol. The van der Waals surface area contributed by atoms with Crippen LogP contribution in [0.15, 0.2) is 22.7 Å². The van der Waals surface area contributed by atoms with Gasteiger partial charge in [0.15, 0.2) is 0 Å². The van der Waals surface area contributed by atoms with Gasteiger partial charge in [0.1, 0.15) is 16.8 Å². The molecule has 0 spiro atoms. The van der Waals surface area contributed by atoms with E-state index in [2.05, 4.69) is 57.2 Å². The van der Waals surface area contributed by atoms with E-state index in [-0.39, 0.29) is 0 Å². The maximum absolute atomic E-state index is 6.18. The smallest absolute Gasteiger partial charge is 0.138 e. The third kappa shape index (κ3) is 3.49. The Bertz CT molecular complexity index is 629. The van der Waals surface area contributed by atoms with E-state index in [4.69, 9.17) is 11.6 Å². The first-order valence-electron chi connectivity index (χ1n) is 6.57. The average Bonchev–Trinajstić information content (AvgIpc) is 2.39. The number of hydrogen-bond acceptors (Lipinski definition) is 3. The van der Waals surface area contributed by atoms with E-state index in [1.807, 2.05) is 13.0 Å². The number of aryl methyl sites for hydroxylation is 2. The molecule has 0 radical (unpaired) electrons. The molecule has 3 nitrogen and oxygen atoms in total. The van der Waals surface area contributed by atoms with Crippen LogP contribution in [0.2, 0.25) is 5.15 Å². The molecule has 1 aromatic heterocycles. The lowest BCUT2D eigenvalue weighted by molar-refractivity contribution is 0.833. The minimum Gasteiger partial charge on any atom is -0.339 e. The third-order valence-electron chi connectivity index (χ3n) is 2.98. The number of hydrogen-bond donors (Lipinski definition) is 1. The van der Waals surface area contributed by atoms with E-state index < -0.39 is 0 Å². The summed E-state index contributed by atoms with van der Waals surface area (Å²) in [6, 6.07) is 6.14. The number of anilines is 2. The van der Waals surface area contributed by atoms with Crippen molar-refractivity contribution in [1.82, 2.24) is 9.97 Å². The Labute approximate surface area is 132 Å². The zero-order valence-electron chi connectivity index (χ0n) is 11.8. The summed E-state index contributed by atoms with van der Waals surface area (Å²) in [4.78, 5) is 8.86. The Morgan fingerprint density at radius 2 is 2.00 bits per heavy atom. The molecule has 0 fully saturated rings. The van der Waals surface area contributed by atoms with Crippen molar-refractivity contribution in [1.29, 1.82) is 0 Å². The van der Waals surface area contributed by atoms with E-state index in [9.17, 15) is 0 Å². The van der Waals surface area contributed by atoms with Crippen LogP contribution in [-0.4, -0.2) is 9.97 Å². The Hall–Kier alpha value is -1.13. The minimum atomic E-state index is 0.509. The molecule has 2 rings (SSSR count). The summed E-state index contributed by atoms with van der Waals surface area (Å²) in [6.07, 6.45) is 1.82. The normalized spacial score (nSPS) is 10.7. The topological polar surface area (TPSA) is 37.8 Å². The molecule has 0 atom stereocenters. The first-order chi connectivity index (χ1) is 9.51. The summed E-state index contributed by atoms with van der Waals surface area (Å²) in [6.45, 7) is 6.07. The van der Waals surface area contributed by atoms with Gasteiger partial charge in [-0.1, -0.05) is 24.6 Å². The summed E-state index contributed by atoms with van der Waals surface area (Å²) in [7, 11) is 0. The molecule has 0 aliphatic rings. The Kier molecular flexibility index (Phi) is 5.00. The highest BCUT2D eigenvalue weighted by atomic mass is 79.9. The van der Waals surface area contributed by atoms with Crippen LogP contribution in [-0.2, 0) is 6.42 Å². The maximum Gasteiger partial charge on any atom is 0.138 e. The molecule has 106 valence electrons. The molecular formula is C15H17BrClN3. The van der Waals surface area contributed by atoms with E-state index in [0.717, 1.165) is 40.2 Å². The van der Waals surface area contributed by atoms with Crippen LogP contribution in [0.3, 0.4) is 0 Å². The third-order valence-corrected chi connectivity index (χ3v) is 4.01. The number of nitrogens with one attached hydrogen (secondary N) is 1. The second-order valence-electron chi connectivity index (χ2n) is 4.76. The Balaban J connectivity index is 2.37. The molecule has 2 aromatic rings. The predicted molar refractivity (Wildman–Crippen MR) is 87.9 cm³/mol. The van der Waals surface area contributed by atoms with E-state index >= 15 is 0 Å². The van der Waals surface area contributed by atoms with Crippen molar-refractivity contribution in [2.24, 2.45) is 0 Å². The summed E-state index contributed by atoms with van der Waals surface area (Å²) >= 11 is 9.74.